The number of hydrogen-bond acceptors (Lipinski definition) is 2. The second-order valence-corrected chi connectivity index (χ2v) is 4.81. The van der Waals surface area contributed by atoms with E-state index in [1.165, 1.54) is 25.7 Å². The molecule has 0 aromatic carbocycles. The lowest BCUT2D eigenvalue weighted by Crippen LogP contribution is -2.24. The Morgan fingerprint density at radius 2 is 1.71 bits per heavy atom. The van der Waals surface area contributed by atoms with E-state index in [1.807, 2.05) is 0 Å². The van der Waals surface area contributed by atoms with Gasteiger partial charge >= 0.3 is 5.97 Å². The van der Waals surface area contributed by atoms with Gasteiger partial charge in [0.05, 0.1) is 6.42 Å². The van der Waals surface area contributed by atoms with E-state index in [-0.39, 0.29) is 12.1 Å². The summed E-state index contributed by atoms with van der Waals surface area (Å²) in [4.78, 5) is 11.2. The summed E-state index contributed by atoms with van der Waals surface area (Å²) in [7, 11) is 0. The number of carbonyl (C=O) groups excluding carboxylic acids is 1. The Morgan fingerprint density at radius 3 is 2.50 bits per heavy atom. The smallest absolute Gasteiger partial charge is 0.306 e. The Morgan fingerprint density at radius 1 is 1.00 bits per heavy atom. The second kappa shape index (κ2) is 3.11. The number of rotatable bonds is 0. The van der Waals surface area contributed by atoms with Crippen molar-refractivity contribution in [1.29, 1.82) is 0 Å². The summed E-state index contributed by atoms with van der Waals surface area (Å²) in [5.74, 6) is 0.541. The lowest BCUT2D eigenvalue weighted by Gasteiger charge is -2.31. The van der Waals surface area contributed by atoms with E-state index < -0.39 is 0 Å². The molecule has 2 atom stereocenters. The van der Waals surface area contributed by atoms with E-state index >= 15 is 0 Å². The third-order valence-electron chi connectivity index (χ3n) is 3.90. The fourth-order valence-electron chi connectivity index (χ4n) is 3.15. The predicted octanol–water partition coefficient (Wildman–Crippen LogP) is 2.58. The molecule has 0 saturated carbocycles. The Kier molecular flexibility index (Phi) is 1.89. The van der Waals surface area contributed by atoms with Crippen LogP contribution < -0.4 is 0 Å². The van der Waals surface area contributed by atoms with Gasteiger partial charge < -0.3 is 4.74 Å². The lowest BCUT2D eigenvalue weighted by molar-refractivity contribution is -0.141. The number of ether oxygens (including phenoxy) is 1. The molecule has 0 unspecified atom stereocenters. The van der Waals surface area contributed by atoms with Crippen LogP contribution in [0.3, 0.4) is 0 Å². The van der Waals surface area contributed by atoms with Crippen molar-refractivity contribution in [2.24, 2.45) is 5.92 Å². The molecule has 76 valence electrons. The standard InChI is InChI=1S/C12H16O2/c13-12-7-10-5-8-3-1-2-4-9(8)6-11(10)14-12/h10-11H,1-7H2/t10-,11-/m0/s1. The first kappa shape index (κ1) is 8.51. The summed E-state index contributed by atoms with van der Waals surface area (Å²) in [5, 5.41) is 0. The van der Waals surface area contributed by atoms with Crippen molar-refractivity contribution in [3.05, 3.63) is 11.1 Å². The molecular weight excluding hydrogens is 176 g/mol. The van der Waals surface area contributed by atoms with Crippen LogP contribution in [0, 0.1) is 5.92 Å². The van der Waals surface area contributed by atoms with Gasteiger partial charge in [-0.15, -0.1) is 0 Å². The minimum absolute atomic E-state index is 0.0276. The van der Waals surface area contributed by atoms with Crippen LogP contribution in [0.2, 0.25) is 0 Å². The normalized spacial score (nSPS) is 36.4. The monoisotopic (exact) mass is 192 g/mol. The average Bonchev–Trinajstić information content (AvgIpc) is 2.53. The van der Waals surface area contributed by atoms with E-state index in [1.54, 1.807) is 11.1 Å². The molecule has 2 heteroatoms. The van der Waals surface area contributed by atoms with Gasteiger partial charge in [0.25, 0.3) is 0 Å². The van der Waals surface area contributed by atoms with Crippen LogP contribution in [0.15, 0.2) is 11.1 Å². The second-order valence-electron chi connectivity index (χ2n) is 4.81. The molecule has 0 aromatic rings. The van der Waals surface area contributed by atoms with Crippen molar-refractivity contribution in [2.45, 2.75) is 51.0 Å². The van der Waals surface area contributed by atoms with Gasteiger partial charge in [0.1, 0.15) is 6.10 Å². The van der Waals surface area contributed by atoms with Gasteiger partial charge in [0, 0.05) is 12.3 Å². The Balaban J connectivity index is 1.83. The quantitative estimate of drug-likeness (QED) is 0.435. The highest BCUT2D eigenvalue weighted by atomic mass is 16.5. The number of hydrogen-bond donors (Lipinski definition) is 0. The molecular formula is C12H16O2. The highest BCUT2D eigenvalue weighted by Crippen LogP contribution is 2.43. The Bertz CT molecular complexity index is 275. The summed E-state index contributed by atoms with van der Waals surface area (Å²) in [5.41, 5.74) is 3.28. The highest BCUT2D eigenvalue weighted by molar-refractivity contribution is 5.72. The van der Waals surface area contributed by atoms with Crippen LogP contribution >= 0.6 is 0 Å². The Hall–Kier alpha value is -0.790. The molecule has 2 nitrogen and oxygen atoms in total. The van der Waals surface area contributed by atoms with Crippen molar-refractivity contribution >= 4 is 5.97 Å². The van der Waals surface area contributed by atoms with E-state index in [2.05, 4.69) is 0 Å². The molecule has 1 aliphatic heterocycles. The number of fused-ring (bicyclic) bond motifs is 1. The molecule has 1 fully saturated rings. The first-order chi connectivity index (χ1) is 6.83. The van der Waals surface area contributed by atoms with Crippen LogP contribution in [-0.4, -0.2) is 12.1 Å². The minimum atomic E-state index is 0.0276. The zero-order valence-corrected chi connectivity index (χ0v) is 8.42. The van der Waals surface area contributed by atoms with Gasteiger partial charge in [-0.25, -0.2) is 0 Å². The minimum Gasteiger partial charge on any atom is -0.462 e. The van der Waals surface area contributed by atoms with Gasteiger partial charge in [-0.05, 0) is 32.1 Å². The first-order valence-electron chi connectivity index (χ1n) is 5.72. The van der Waals surface area contributed by atoms with E-state index in [0.29, 0.717) is 12.3 Å². The van der Waals surface area contributed by atoms with Gasteiger partial charge in [-0.1, -0.05) is 11.1 Å². The van der Waals surface area contributed by atoms with Crippen LogP contribution in [0.25, 0.3) is 0 Å². The molecule has 3 rings (SSSR count). The van der Waals surface area contributed by atoms with Gasteiger partial charge in [-0.3, -0.25) is 4.79 Å². The van der Waals surface area contributed by atoms with Gasteiger partial charge in [0.2, 0.25) is 0 Å². The first-order valence-corrected chi connectivity index (χ1v) is 5.72. The zero-order chi connectivity index (χ0) is 9.54. The molecule has 0 radical (unpaired) electrons. The maximum Gasteiger partial charge on any atom is 0.306 e. The molecule has 1 saturated heterocycles. The number of esters is 1. The Labute approximate surface area is 84.3 Å². The SMILES string of the molecule is O=C1C[C@@H]2CC3=C(CCCC3)C[C@@H]2O1. The fraction of sp³-hybridized carbons (Fsp3) is 0.750. The maximum absolute atomic E-state index is 11.2. The third-order valence-corrected chi connectivity index (χ3v) is 3.90. The molecule has 1 heterocycles. The molecule has 14 heavy (non-hydrogen) atoms. The average molecular weight is 192 g/mol. The largest absolute Gasteiger partial charge is 0.462 e. The van der Waals surface area contributed by atoms with Crippen LogP contribution in [0.5, 0.6) is 0 Å². The van der Waals surface area contributed by atoms with Crippen LogP contribution in [-0.2, 0) is 9.53 Å². The lowest BCUT2D eigenvalue weighted by atomic mass is 9.76. The summed E-state index contributed by atoms with van der Waals surface area (Å²) < 4.78 is 5.34. The van der Waals surface area contributed by atoms with Crippen molar-refractivity contribution in [2.75, 3.05) is 0 Å². The van der Waals surface area contributed by atoms with E-state index in [4.69, 9.17) is 4.74 Å². The van der Waals surface area contributed by atoms with Crippen molar-refractivity contribution in [3.8, 4) is 0 Å². The predicted molar refractivity (Wildman–Crippen MR) is 52.7 cm³/mol. The van der Waals surface area contributed by atoms with E-state index in [9.17, 15) is 4.79 Å². The van der Waals surface area contributed by atoms with E-state index in [0.717, 1.165) is 12.8 Å². The molecule has 3 aliphatic rings. The third kappa shape index (κ3) is 1.28. The van der Waals surface area contributed by atoms with Crippen molar-refractivity contribution < 1.29 is 9.53 Å². The molecule has 0 amide bonds. The molecule has 0 aromatic heterocycles. The van der Waals surface area contributed by atoms with Gasteiger partial charge in [-0.2, -0.15) is 0 Å². The van der Waals surface area contributed by atoms with Crippen LogP contribution in [0.4, 0.5) is 0 Å². The van der Waals surface area contributed by atoms with Gasteiger partial charge in [0.15, 0.2) is 0 Å². The molecule has 0 N–H and O–H groups in total. The molecule has 0 spiro atoms. The number of allylic oxidation sites excluding steroid dienone is 1. The maximum atomic E-state index is 11.2. The molecule has 2 aliphatic carbocycles. The van der Waals surface area contributed by atoms with Crippen molar-refractivity contribution in [3.63, 3.8) is 0 Å². The summed E-state index contributed by atoms with van der Waals surface area (Å²) in [6, 6.07) is 0. The van der Waals surface area contributed by atoms with Crippen LogP contribution in [0.1, 0.15) is 44.9 Å². The summed E-state index contributed by atoms with van der Waals surface area (Å²) in [6.45, 7) is 0. The summed E-state index contributed by atoms with van der Waals surface area (Å²) in [6.07, 6.45) is 8.33. The highest BCUT2D eigenvalue weighted by Gasteiger charge is 2.39. The summed E-state index contributed by atoms with van der Waals surface area (Å²) >= 11 is 0. The molecule has 0 bridgehead atoms. The van der Waals surface area contributed by atoms with Crippen molar-refractivity contribution in [1.82, 2.24) is 0 Å². The zero-order valence-electron chi connectivity index (χ0n) is 8.42. The fourth-order valence-corrected chi connectivity index (χ4v) is 3.15. The topological polar surface area (TPSA) is 26.3 Å². The number of carbonyl (C=O) groups is 1.